The third-order valence-electron chi connectivity index (χ3n) is 3.56. The van der Waals surface area contributed by atoms with Crippen LogP contribution in [0, 0.1) is 6.92 Å². The Morgan fingerprint density at radius 1 is 1.45 bits per heavy atom. The summed E-state index contributed by atoms with van der Waals surface area (Å²) in [5, 5.41) is 0.124. The van der Waals surface area contributed by atoms with Crippen LogP contribution in [0.4, 0.5) is 0 Å². The molecule has 0 aromatic carbocycles. The Kier molecular flexibility index (Phi) is 4.79. The zero-order valence-corrected chi connectivity index (χ0v) is 12.8. The number of hydrogen-bond acceptors (Lipinski definition) is 5. The molecule has 1 aliphatic rings. The molecule has 1 aliphatic heterocycles. The minimum atomic E-state index is -3.49. The molecule has 1 saturated heterocycles. The van der Waals surface area contributed by atoms with E-state index in [4.69, 9.17) is 10.5 Å². The van der Waals surface area contributed by atoms with E-state index in [-0.39, 0.29) is 11.1 Å². The van der Waals surface area contributed by atoms with Crippen molar-refractivity contribution in [2.75, 3.05) is 26.2 Å². The highest BCUT2D eigenvalue weighted by Crippen LogP contribution is 2.21. The molecule has 0 atom stereocenters. The highest BCUT2D eigenvalue weighted by Gasteiger charge is 2.31. The van der Waals surface area contributed by atoms with Crippen LogP contribution in [-0.2, 0) is 21.8 Å². The van der Waals surface area contributed by atoms with E-state index < -0.39 is 10.0 Å². The van der Waals surface area contributed by atoms with E-state index in [1.54, 1.807) is 24.7 Å². The van der Waals surface area contributed by atoms with Gasteiger partial charge in [-0.05, 0) is 19.8 Å². The zero-order chi connectivity index (χ0) is 14.8. The lowest BCUT2D eigenvalue weighted by atomic mass is 10.1. The maximum atomic E-state index is 12.5. The number of ether oxygens (including phenoxy) is 1. The quantitative estimate of drug-likeness (QED) is 0.817. The van der Waals surface area contributed by atoms with Gasteiger partial charge in [0.05, 0.1) is 12.7 Å². The largest absolute Gasteiger partial charge is 0.377 e. The fraction of sp³-hybridized carbons (Fsp3) is 0.750. The summed E-state index contributed by atoms with van der Waals surface area (Å²) in [6.07, 6.45) is 3.06. The smallest absolute Gasteiger partial charge is 0.262 e. The number of hydrogen-bond donors (Lipinski definition) is 1. The maximum Gasteiger partial charge on any atom is 0.262 e. The summed E-state index contributed by atoms with van der Waals surface area (Å²) in [4.78, 5) is 4.11. The molecule has 0 radical (unpaired) electrons. The van der Waals surface area contributed by atoms with Crippen molar-refractivity contribution < 1.29 is 13.2 Å². The van der Waals surface area contributed by atoms with Crippen LogP contribution < -0.4 is 5.73 Å². The lowest BCUT2D eigenvalue weighted by Gasteiger charge is -2.30. The first-order valence-electron chi connectivity index (χ1n) is 6.77. The molecule has 1 aromatic heterocycles. The van der Waals surface area contributed by atoms with Crippen LogP contribution in [0.5, 0.6) is 0 Å². The van der Waals surface area contributed by atoms with E-state index >= 15 is 0 Å². The summed E-state index contributed by atoms with van der Waals surface area (Å²) in [6.45, 7) is 3.73. The summed E-state index contributed by atoms with van der Waals surface area (Å²) in [5.41, 5.74) is 5.39. The molecule has 0 spiro atoms. The summed E-state index contributed by atoms with van der Waals surface area (Å²) in [6, 6.07) is 0. The number of aromatic nitrogens is 2. The summed E-state index contributed by atoms with van der Waals surface area (Å²) >= 11 is 0. The molecular formula is C12H22N4O3S. The Bertz CT molecular complexity index is 528. The van der Waals surface area contributed by atoms with E-state index in [2.05, 4.69) is 4.98 Å². The van der Waals surface area contributed by atoms with Gasteiger partial charge in [-0.2, -0.15) is 4.31 Å². The van der Waals surface area contributed by atoms with Crippen LogP contribution in [0.15, 0.2) is 11.2 Å². The van der Waals surface area contributed by atoms with Gasteiger partial charge >= 0.3 is 0 Å². The molecule has 2 heterocycles. The van der Waals surface area contributed by atoms with E-state index in [9.17, 15) is 8.42 Å². The van der Waals surface area contributed by atoms with Crippen molar-refractivity contribution in [2.45, 2.75) is 30.9 Å². The van der Waals surface area contributed by atoms with Gasteiger partial charge in [0.1, 0.15) is 5.82 Å². The fourth-order valence-corrected chi connectivity index (χ4v) is 3.75. The third kappa shape index (κ3) is 3.20. The molecule has 20 heavy (non-hydrogen) atoms. The van der Waals surface area contributed by atoms with Crippen molar-refractivity contribution in [1.82, 2.24) is 13.9 Å². The maximum absolute atomic E-state index is 12.5. The Morgan fingerprint density at radius 2 is 2.10 bits per heavy atom. The molecule has 0 aliphatic carbocycles. The second-order valence-electron chi connectivity index (χ2n) is 5.00. The highest BCUT2D eigenvalue weighted by molar-refractivity contribution is 7.89. The molecule has 0 saturated carbocycles. The van der Waals surface area contributed by atoms with Crippen LogP contribution >= 0.6 is 0 Å². The van der Waals surface area contributed by atoms with Crippen molar-refractivity contribution in [3.63, 3.8) is 0 Å². The standard InChI is InChI=1S/C12H22N4O3S/c1-10-14-12(9-15(10)2)20(17,18)16-6-3-11(4-7-16)19-8-5-13/h9,11H,3-8,13H2,1-2H3. The molecule has 1 fully saturated rings. The minimum absolute atomic E-state index is 0.107. The normalized spacial score (nSPS) is 18.6. The second kappa shape index (κ2) is 6.21. The van der Waals surface area contributed by atoms with E-state index in [1.807, 2.05) is 0 Å². The van der Waals surface area contributed by atoms with Crippen LogP contribution in [0.2, 0.25) is 0 Å². The van der Waals surface area contributed by atoms with Gasteiger partial charge in [-0.15, -0.1) is 0 Å². The average Bonchev–Trinajstić information content (AvgIpc) is 2.77. The van der Waals surface area contributed by atoms with Gasteiger partial charge in [-0.1, -0.05) is 0 Å². The Balaban J connectivity index is 2.02. The van der Waals surface area contributed by atoms with Crippen LogP contribution in [0.25, 0.3) is 0 Å². The van der Waals surface area contributed by atoms with Gasteiger partial charge in [0.15, 0.2) is 5.03 Å². The van der Waals surface area contributed by atoms with E-state index in [1.165, 1.54) is 4.31 Å². The molecule has 0 unspecified atom stereocenters. The lowest BCUT2D eigenvalue weighted by molar-refractivity contribution is 0.0257. The van der Waals surface area contributed by atoms with Crippen molar-refractivity contribution >= 4 is 10.0 Å². The molecule has 1 aromatic rings. The van der Waals surface area contributed by atoms with Crippen molar-refractivity contribution in [3.8, 4) is 0 Å². The number of rotatable bonds is 5. The highest BCUT2D eigenvalue weighted by atomic mass is 32.2. The third-order valence-corrected chi connectivity index (χ3v) is 5.33. The fourth-order valence-electron chi connectivity index (χ4n) is 2.26. The number of imidazole rings is 1. The van der Waals surface area contributed by atoms with Gasteiger partial charge in [0.25, 0.3) is 10.0 Å². The SMILES string of the molecule is Cc1nc(S(=O)(=O)N2CCC(OCCN)CC2)cn1C. The average molecular weight is 302 g/mol. The van der Waals surface area contributed by atoms with Crippen LogP contribution in [0.3, 0.4) is 0 Å². The van der Waals surface area contributed by atoms with Crippen molar-refractivity contribution in [3.05, 3.63) is 12.0 Å². The van der Waals surface area contributed by atoms with E-state index in [0.717, 1.165) is 0 Å². The Hall–Kier alpha value is -0.960. The number of nitrogens with zero attached hydrogens (tertiary/aromatic N) is 3. The first kappa shape index (κ1) is 15.4. The van der Waals surface area contributed by atoms with Gasteiger partial charge in [0, 0.05) is 32.9 Å². The zero-order valence-electron chi connectivity index (χ0n) is 11.9. The number of aryl methyl sites for hydroxylation is 2. The van der Waals surface area contributed by atoms with Crippen LogP contribution in [0.1, 0.15) is 18.7 Å². The van der Waals surface area contributed by atoms with Crippen LogP contribution in [-0.4, -0.2) is 54.6 Å². The lowest BCUT2D eigenvalue weighted by Crippen LogP contribution is -2.41. The molecule has 7 nitrogen and oxygen atoms in total. The van der Waals surface area contributed by atoms with Crippen molar-refractivity contribution in [2.24, 2.45) is 12.8 Å². The predicted octanol–water partition coefficient (Wildman–Crippen LogP) is -0.143. The second-order valence-corrected chi connectivity index (χ2v) is 6.88. The molecule has 2 N–H and O–H groups in total. The van der Waals surface area contributed by atoms with Gasteiger partial charge < -0.3 is 15.0 Å². The predicted molar refractivity (Wildman–Crippen MR) is 74.7 cm³/mol. The van der Waals surface area contributed by atoms with Gasteiger partial charge in [-0.25, -0.2) is 13.4 Å². The molecule has 8 heteroatoms. The summed E-state index contributed by atoms with van der Waals surface area (Å²) in [5.74, 6) is 0.685. The van der Waals surface area contributed by atoms with Gasteiger partial charge in [-0.3, -0.25) is 0 Å². The summed E-state index contributed by atoms with van der Waals surface area (Å²) in [7, 11) is -1.70. The molecule has 0 amide bonds. The van der Waals surface area contributed by atoms with Gasteiger partial charge in [0.2, 0.25) is 0 Å². The number of nitrogens with two attached hydrogens (primary N) is 1. The number of sulfonamides is 1. The topological polar surface area (TPSA) is 90.4 Å². The first-order valence-corrected chi connectivity index (χ1v) is 8.21. The molecular weight excluding hydrogens is 280 g/mol. The molecule has 0 bridgehead atoms. The Labute approximate surface area is 119 Å². The molecule has 2 rings (SSSR count). The Morgan fingerprint density at radius 3 is 2.60 bits per heavy atom. The van der Waals surface area contributed by atoms with E-state index in [0.29, 0.717) is 44.9 Å². The molecule has 114 valence electrons. The monoisotopic (exact) mass is 302 g/mol. The minimum Gasteiger partial charge on any atom is -0.377 e. The van der Waals surface area contributed by atoms with Crippen molar-refractivity contribution in [1.29, 1.82) is 0 Å². The first-order chi connectivity index (χ1) is 9.45. The summed E-state index contributed by atoms with van der Waals surface area (Å²) < 4.78 is 33.7. The number of piperidine rings is 1.